The first kappa shape index (κ1) is 15.5. The van der Waals surface area contributed by atoms with Crippen molar-refractivity contribution in [2.45, 2.75) is 37.5 Å². The average molecular weight is 331 g/mol. The van der Waals surface area contributed by atoms with Crippen molar-refractivity contribution in [1.82, 2.24) is 15.2 Å². The minimum absolute atomic E-state index is 0.149. The van der Waals surface area contributed by atoms with Crippen LogP contribution in [0.4, 0.5) is 0 Å². The number of nitrogens with zero attached hydrogens (tertiary/aromatic N) is 2. The number of hydrogen-bond donors (Lipinski definition) is 1. The van der Waals surface area contributed by atoms with Crippen LogP contribution in [0.5, 0.6) is 0 Å². The molecule has 3 heterocycles. The van der Waals surface area contributed by atoms with E-state index in [2.05, 4.69) is 10.3 Å². The second-order valence-corrected chi connectivity index (χ2v) is 6.56. The molecule has 0 atom stereocenters. The lowest BCUT2D eigenvalue weighted by molar-refractivity contribution is -0.181. The molecule has 128 valence electrons. The summed E-state index contributed by atoms with van der Waals surface area (Å²) in [6.45, 7) is 2.37. The highest BCUT2D eigenvalue weighted by Gasteiger charge is 2.41. The first-order valence-electron chi connectivity index (χ1n) is 8.50. The molecule has 0 bridgehead atoms. The van der Waals surface area contributed by atoms with E-state index in [0.29, 0.717) is 50.5 Å². The van der Waals surface area contributed by atoms with Crippen molar-refractivity contribution in [1.29, 1.82) is 0 Å². The van der Waals surface area contributed by atoms with Gasteiger partial charge in [0.15, 0.2) is 5.79 Å². The van der Waals surface area contributed by atoms with Gasteiger partial charge in [0.1, 0.15) is 11.4 Å². The average Bonchev–Trinajstić information content (AvgIpc) is 3.32. The molecule has 0 aromatic carbocycles. The molecule has 1 aromatic rings. The van der Waals surface area contributed by atoms with Gasteiger partial charge in [-0.15, -0.1) is 0 Å². The molecule has 3 fully saturated rings. The first-order valence-corrected chi connectivity index (χ1v) is 8.50. The van der Waals surface area contributed by atoms with Crippen LogP contribution in [0, 0.1) is 0 Å². The van der Waals surface area contributed by atoms with Gasteiger partial charge in [0.25, 0.3) is 11.8 Å². The summed E-state index contributed by atoms with van der Waals surface area (Å²) in [7, 11) is 0. The van der Waals surface area contributed by atoms with Gasteiger partial charge in [0, 0.05) is 32.0 Å². The van der Waals surface area contributed by atoms with Crippen molar-refractivity contribution in [3.05, 3.63) is 29.6 Å². The summed E-state index contributed by atoms with van der Waals surface area (Å²) < 4.78 is 11.4. The zero-order chi connectivity index (χ0) is 16.6. The number of carbonyl (C=O) groups is 2. The van der Waals surface area contributed by atoms with Gasteiger partial charge in [-0.25, -0.2) is 4.98 Å². The highest BCUT2D eigenvalue weighted by atomic mass is 16.7. The second kappa shape index (κ2) is 6.14. The summed E-state index contributed by atoms with van der Waals surface area (Å²) in [5.41, 5.74) is 0.603. The summed E-state index contributed by atoms with van der Waals surface area (Å²) in [5, 5.41) is 2.89. The van der Waals surface area contributed by atoms with Crippen LogP contribution in [0.2, 0.25) is 0 Å². The van der Waals surface area contributed by atoms with Crippen LogP contribution in [0.15, 0.2) is 18.2 Å². The third kappa shape index (κ3) is 3.14. The van der Waals surface area contributed by atoms with Crippen molar-refractivity contribution >= 4 is 11.8 Å². The molecule has 3 aliphatic rings. The minimum atomic E-state index is -0.504. The molecule has 2 amide bonds. The molecule has 24 heavy (non-hydrogen) atoms. The number of rotatable bonds is 3. The molecule has 1 N–H and O–H groups in total. The van der Waals surface area contributed by atoms with Gasteiger partial charge in [-0.1, -0.05) is 6.07 Å². The molecule has 0 unspecified atom stereocenters. The van der Waals surface area contributed by atoms with E-state index >= 15 is 0 Å². The van der Waals surface area contributed by atoms with Crippen LogP contribution in [0.3, 0.4) is 0 Å². The van der Waals surface area contributed by atoms with Crippen molar-refractivity contribution in [2.75, 3.05) is 26.3 Å². The smallest absolute Gasteiger partial charge is 0.272 e. The highest BCUT2D eigenvalue weighted by Crippen LogP contribution is 2.31. The Morgan fingerprint density at radius 3 is 2.46 bits per heavy atom. The molecular weight excluding hydrogens is 310 g/mol. The van der Waals surface area contributed by atoms with Gasteiger partial charge >= 0.3 is 0 Å². The van der Waals surface area contributed by atoms with Crippen LogP contribution < -0.4 is 5.32 Å². The second-order valence-electron chi connectivity index (χ2n) is 6.56. The lowest BCUT2D eigenvalue weighted by atomic mass is 10.0. The fraction of sp³-hybridized carbons (Fsp3) is 0.588. The van der Waals surface area contributed by atoms with Crippen molar-refractivity contribution in [3.63, 3.8) is 0 Å². The maximum absolute atomic E-state index is 12.7. The Balaban J connectivity index is 1.41. The minimum Gasteiger partial charge on any atom is -0.348 e. The van der Waals surface area contributed by atoms with E-state index in [-0.39, 0.29) is 17.9 Å². The van der Waals surface area contributed by atoms with Crippen molar-refractivity contribution < 1.29 is 19.1 Å². The molecule has 1 aromatic heterocycles. The molecule has 1 aliphatic carbocycles. The Morgan fingerprint density at radius 2 is 1.79 bits per heavy atom. The van der Waals surface area contributed by atoms with Crippen molar-refractivity contribution in [2.24, 2.45) is 0 Å². The number of hydrogen-bond acceptors (Lipinski definition) is 5. The topological polar surface area (TPSA) is 80.8 Å². The van der Waals surface area contributed by atoms with Crippen LogP contribution in [0.25, 0.3) is 0 Å². The van der Waals surface area contributed by atoms with Gasteiger partial charge < -0.3 is 19.7 Å². The normalized spacial score (nSPS) is 22.6. The Morgan fingerprint density at radius 1 is 1.12 bits per heavy atom. The number of nitrogens with one attached hydrogen (secondary N) is 1. The molecule has 7 heteroatoms. The van der Waals surface area contributed by atoms with Crippen LogP contribution >= 0.6 is 0 Å². The van der Waals surface area contributed by atoms with Crippen molar-refractivity contribution in [3.8, 4) is 0 Å². The number of pyridine rings is 1. The van der Waals surface area contributed by atoms with E-state index in [1.807, 2.05) is 0 Å². The monoisotopic (exact) mass is 331 g/mol. The molecule has 4 rings (SSSR count). The molecule has 2 saturated heterocycles. The largest absolute Gasteiger partial charge is 0.348 e. The summed E-state index contributed by atoms with van der Waals surface area (Å²) in [6.07, 6.45) is 3.37. The van der Waals surface area contributed by atoms with E-state index in [1.54, 1.807) is 23.1 Å². The molecule has 0 radical (unpaired) electrons. The molecule has 7 nitrogen and oxygen atoms in total. The van der Waals surface area contributed by atoms with Gasteiger partial charge in [-0.05, 0) is 25.0 Å². The lowest BCUT2D eigenvalue weighted by Gasteiger charge is -2.37. The van der Waals surface area contributed by atoms with Gasteiger partial charge in [0.05, 0.1) is 13.2 Å². The van der Waals surface area contributed by atoms with Crippen LogP contribution in [-0.2, 0) is 9.47 Å². The predicted octanol–water partition coefficient (Wildman–Crippen LogP) is 0.953. The fourth-order valence-electron chi connectivity index (χ4n) is 3.17. The number of carbonyl (C=O) groups excluding carboxylic acids is 2. The Bertz CT molecular complexity index is 643. The van der Waals surface area contributed by atoms with E-state index < -0.39 is 5.79 Å². The summed E-state index contributed by atoms with van der Waals surface area (Å²) in [6, 6.07) is 5.27. The summed E-state index contributed by atoms with van der Waals surface area (Å²) >= 11 is 0. The van der Waals surface area contributed by atoms with E-state index in [9.17, 15) is 9.59 Å². The maximum atomic E-state index is 12.7. The zero-order valence-corrected chi connectivity index (χ0v) is 13.5. The van der Waals surface area contributed by atoms with Gasteiger partial charge in [0.2, 0.25) is 0 Å². The lowest BCUT2D eigenvalue weighted by Crippen LogP contribution is -2.47. The third-order valence-electron chi connectivity index (χ3n) is 4.74. The standard InChI is InChI=1S/C17H21N3O4/c21-15(18-12-4-5-12)13-2-1-3-14(19-13)16(22)20-8-6-17(7-9-20)23-10-11-24-17/h1-3,12H,4-11H2,(H,18,21). The molecule has 2 aliphatic heterocycles. The molecule has 1 saturated carbocycles. The number of amides is 2. The van der Waals surface area contributed by atoms with E-state index in [0.717, 1.165) is 12.8 Å². The Kier molecular flexibility index (Phi) is 3.97. The SMILES string of the molecule is O=C(NC1CC1)c1cccc(C(=O)N2CCC3(CC2)OCCO3)n1. The van der Waals surface area contributed by atoms with Crippen LogP contribution in [0.1, 0.15) is 46.7 Å². The zero-order valence-electron chi connectivity index (χ0n) is 13.5. The molecular formula is C17H21N3O4. The van der Waals surface area contributed by atoms with Crippen LogP contribution in [-0.4, -0.2) is 59.8 Å². The fourth-order valence-corrected chi connectivity index (χ4v) is 3.17. The van der Waals surface area contributed by atoms with E-state index in [4.69, 9.17) is 9.47 Å². The van der Waals surface area contributed by atoms with Gasteiger partial charge in [-0.2, -0.15) is 0 Å². The Labute approximate surface area is 140 Å². The highest BCUT2D eigenvalue weighted by molar-refractivity contribution is 5.96. The third-order valence-corrected chi connectivity index (χ3v) is 4.74. The molecule has 1 spiro atoms. The predicted molar refractivity (Wildman–Crippen MR) is 84.5 cm³/mol. The first-order chi connectivity index (χ1) is 11.7. The quantitative estimate of drug-likeness (QED) is 0.892. The number of likely N-dealkylation sites (tertiary alicyclic amines) is 1. The summed E-state index contributed by atoms with van der Waals surface area (Å²) in [5.74, 6) is -0.864. The maximum Gasteiger partial charge on any atom is 0.272 e. The van der Waals surface area contributed by atoms with Gasteiger partial charge in [-0.3, -0.25) is 9.59 Å². The van der Waals surface area contributed by atoms with E-state index in [1.165, 1.54) is 0 Å². The number of ether oxygens (including phenoxy) is 2. The summed E-state index contributed by atoms with van der Waals surface area (Å²) in [4.78, 5) is 30.7. The number of piperidine rings is 1. The number of aromatic nitrogens is 1. The Hall–Kier alpha value is -1.99.